The predicted octanol–water partition coefficient (Wildman–Crippen LogP) is 10.5. The fraction of sp³-hybridized carbons (Fsp3) is 0. The third kappa shape index (κ3) is 3.89. The summed E-state index contributed by atoms with van der Waals surface area (Å²) in [5.74, 6) is 0. The summed E-state index contributed by atoms with van der Waals surface area (Å²) in [4.78, 5) is 4.23. The van der Waals surface area contributed by atoms with Crippen LogP contribution in [-0.4, -0.2) is 14.1 Å². The lowest BCUT2D eigenvalue weighted by Crippen LogP contribution is -2.01. The first-order valence-corrected chi connectivity index (χ1v) is 15.4. The number of fused-ring (bicyclic) bond motifs is 6. The zero-order valence-corrected chi connectivity index (χ0v) is 24.8. The van der Waals surface area contributed by atoms with Gasteiger partial charge in [-0.1, -0.05) is 91.0 Å². The zero-order valence-electron chi connectivity index (χ0n) is 24.8. The standard InChI is InChI=1S/C42H26N4/c43-27-30-24-37(28-10-2-1-3-11-28)42(26-36(30)29-20-22-44-23-21-29)46-40-17-9-6-14-34(40)35-19-18-31(25-41(35)46)45-38-15-7-4-12-32(38)33-13-5-8-16-39(33)45/h1-26H. The van der Waals surface area contributed by atoms with Crippen molar-refractivity contribution >= 4 is 43.6 Å². The number of rotatable bonds is 4. The van der Waals surface area contributed by atoms with E-state index in [0.717, 1.165) is 44.7 Å². The van der Waals surface area contributed by atoms with Gasteiger partial charge in [0.05, 0.1) is 39.4 Å². The van der Waals surface area contributed by atoms with Gasteiger partial charge in [-0.3, -0.25) is 4.98 Å². The Morgan fingerprint density at radius 2 is 1.00 bits per heavy atom. The van der Waals surface area contributed by atoms with Crippen LogP contribution in [0.25, 0.3) is 77.2 Å². The molecule has 0 radical (unpaired) electrons. The lowest BCUT2D eigenvalue weighted by molar-refractivity contribution is 1.15. The summed E-state index contributed by atoms with van der Waals surface area (Å²) in [5, 5.41) is 15.2. The molecular formula is C42H26N4. The van der Waals surface area contributed by atoms with Crippen molar-refractivity contribution in [1.29, 1.82) is 5.26 Å². The van der Waals surface area contributed by atoms with Gasteiger partial charge in [0.1, 0.15) is 0 Å². The monoisotopic (exact) mass is 586 g/mol. The van der Waals surface area contributed by atoms with E-state index in [0.29, 0.717) is 5.56 Å². The van der Waals surface area contributed by atoms with Crippen LogP contribution < -0.4 is 0 Å². The van der Waals surface area contributed by atoms with Crippen molar-refractivity contribution in [1.82, 2.24) is 14.1 Å². The maximum absolute atomic E-state index is 10.4. The molecule has 0 aliphatic rings. The van der Waals surface area contributed by atoms with Crippen LogP contribution >= 0.6 is 0 Å². The molecule has 0 spiro atoms. The largest absolute Gasteiger partial charge is 0.309 e. The van der Waals surface area contributed by atoms with E-state index in [1.807, 2.05) is 36.4 Å². The van der Waals surface area contributed by atoms with E-state index in [4.69, 9.17) is 0 Å². The van der Waals surface area contributed by atoms with Crippen LogP contribution in [-0.2, 0) is 0 Å². The molecule has 46 heavy (non-hydrogen) atoms. The van der Waals surface area contributed by atoms with Gasteiger partial charge in [-0.2, -0.15) is 5.26 Å². The van der Waals surface area contributed by atoms with Crippen LogP contribution in [0.4, 0.5) is 0 Å². The fourth-order valence-electron chi connectivity index (χ4n) is 7.04. The van der Waals surface area contributed by atoms with Gasteiger partial charge in [-0.05, 0) is 65.7 Å². The van der Waals surface area contributed by atoms with Crippen molar-refractivity contribution in [3.8, 4) is 39.7 Å². The summed E-state index contributed by atoms with van der Waals surface area (Å²) in [6.07, 6.45) is 3.56. The lowest BCUT2D eigenvalue weighted by atomic mass is 9.94. The SMILES string of the molecule is N#Cc1cc(-c2ccccc2)c(-n2c3ccccc3c3ccc(-n4c5ccccc5c5ccccc54)cc32)cc1-c1ccncc1. The Hall–Kier alpha value is -6.44. The molecule has 0 amide bonds. The third-order valence-corrected chi connectivity index (χ3v) is 9.07. The summed E-state index contributed by atoms with van der Waals surface area (Å²) < 4.78 is 4.74. The summed E-state index contributed by atoms with van der Waals surface area (Å²) in [5.41, 5.74) is 11.2. The molecule has 6 aromatic carbocycles. The number of pyridine rings is 1. The highest BCUT2D eigenvalue weighted by Crippen LogP contribution is 2.41. The first kappa shape index (κ1) is 26.0. The van der Waals surface area contributed by atoms with Crippen molar-refractivity contribution in [2.24, 2.45) is 0 Å². The zero-order chi connectivity index (χ0) is 30.6. The summed E-state index contributed by atoms with van der Waals surface area (Å²) in [6.45, 7) is 0. The number of nitriles is 1. The molecule has 3 aromatic heterocycles. The maximum Gasteiger partial charge on any atom is 0.0998 e. The van der Waals surface area contributed by atoms with Crippen LogP contribution in [0.5, 0.6) is 0 Å². The fourth-order valence-corrected chi connectivity index (χ4v) is 7.04. The normalized spacial score (nSPS) is 11.5. The van der Waals surface area contributed by atoms with Gasteiger partial charge in [0.15, 0.2) is 0 Å². The molecular weight excluding hydrogens is 560 g/mol. The predicted molar refractivity (Wildman–Crippen MR) is 189 cm³/mol. The second kappa shape index (κ2) is 10.3. The topological polar surface area (TPSA) is 46.5 Å². The van der Waals surface area contributed by atoms with Crippen LogP contribution in [0, 0.1) is 11.3 Å². The number of benzene rings is 6. The number of aromatic nitrogens is 3. The molecule has 0 unspecified atom stereocenters. The molecule has 0 bridgehead atoms. The summed E-state index contributed by atoms with van der Waals surface area (Å²) >= 11 is 0. The molecule has 4 nitrogen and oxygen atoms in total. The minimum absolute atomic E-state index is 0.626. The minimum atomic E-state index is 0.626. The smallest absolute Gasteiger partial charge is 0.0998 e. The molecule has 0 fully saturated rings. The first-order valence-electron chi connectivity index (χ1n) is 15.4. The highest BCUT2D eigenvalue weighted by Gasteiger charge is 2.20. The van der Waals surface area contributed by atoms with Crippen molar-refractivity contribution in [2.45, 2.75) is 0 Å². The van der Waals surface area contributed by atoms with Crippen molar-refractivity contribution in [3.05, 3.63) is 164 Å². The van der Waals surface area contributed by atoms with E-state index < -0.39 is 0 Å². The van der Waals surface area contributed by atoms with Gasteiger partial charge in [-0.15, -0.1) is 0 Å². The molecule has 0 saturated carbocycles. The second-order valence-electron chi connectivity index (χ2n) is 11.6. The molecule has 0 saturated heterocycles. The molecule has 0 aliphatic heterocycles. The Kier molecular flexibility index (Phi) is 5.84. The Morgan fingerprint density at radius 1 is 0.457 bits per heavy atom. The van der Waals surface area contributed by atoms with E-state index in [2.05, 4.69) is 129 Å². The van der Waals surface area contributed by atoms with Crippen LogP contribution in [0.15, 0.2) is 158 Å². The third-order valence-electron chi connectivity index (χ3n) is 9.07. The summed E-state index contributed by atoms with van der Waals surface area (Å²) in [6, 6.07) is 53.6. The molecule has 3 heterocycles. The van der Waals surface area contributed by atoms with E-state index in [-0.39, 0.29) is 0 Å². The van der Waals surface area contributed by atoms with Crippen molar-refractivity contribution in [3.63, 3.8) is 0 Å². The molecule has 0 aliphatic carbocycles. The van der Waals surface area contributed by atoms with E-state index in [1.54, 1.807) is 12.4 Å². The van der Waals surface area contributed by atoms with Crippen LogP contribution in [0.3, 0.4) is 0 Å². The highest BCUT2D eigenvalue weighted by atomic mass is 15.0. The van der Waals surface area contributed by atoms with Gasteiger partial charge in [0.25, 0.3) is 0 Å². The molecule has 0 atom stereocenters. The van der Waals surface area contributed by atoms with Crippen LogP contribution in [0.2, 0.25) is 0 Å². The molecule has 9 aromatic rings. The maximum atomic E-state index is 10.4. The first-order chi connectivity index (χ1) is 22.8. The summed E-state index contributed by atoms with van der Waals surface area (Å²) in [7, 11) is 0. The molecule has 9 rings (SSSR count). The van der Waals surface area contributed by atoms with Gasteiger partial charge in [0, 0.05) is 50.8 Å². The number of hydrogen-bond donors (Lipinski definition) is 0. The van der Waals surface area contributed by atoms with Gasteiger partial charge >= 0.3 is 0 Å². The van der Waals surface area contributed by atoms with Gasteiger partial charge < -0.3 is 9.13 Å². The molecule has 214 valence electrons. The second-order valence-corrected chi connectivity index (χ2v) is 11.6. The Balaban J connectivity index is 1.41. The number of nitrogens with zero attached hydrogens (tertiary/aromatic N) is 4. The molecule has 4 heteroatoms. The minimum Gasteiger partial charge on any atom is -0.309 e. The highest BCUT2D eigenvalue weighted by molar-refractivity contribution is 6.12. The Morgan fingerprint density at radius 3 is 1.63 bits per heavy atom. The number of para-hydroxylation sites is 3. The van der Waals surface area contributed by atoms with Crippen molar-refractivity contribution in [2.75, 3.05) is 0 Å². The van der Waals surface area contributed by atoms with Crippen LogP contribution in [0.1, 0.15) is 5.56 Å². The van der Waals surface area contributed by atoms with E-state index in [1.165, 1.54) is 32.6 Å². The van der Waals surface area contributed by atoms with E-state index in [9.17, 15) is 5.26 Å². The average Bonchev–Trinajstić information content (AvgIpc) is 3.64. The Labute approximate surface area is 265 Å². The Bertz CT molecular complexity index is 2580. The van der Waals surface area contributed by atoms with Gasteiger partial charge in [-0.25, -0.2) is 0 Å². The van der Waals surface area contributed by atoms with E-state index >= 15 is 0 Å². The van der Waals surface area contributed by atoms with Gasteiger partial charge in [0.2, 0.25) is 0 Å². The molecule has 0 N–H and O–H groups in total. The quantitative estimate of drug-likeness (QED) is 0.206. The average molecular weight is 587 g/mol. The number of hydrogen-bond acceptors (Lipinski definition) is 2. The van der Waals surface area contributed by atoms with Crippen molar-refractivity contribution < 1.29 is 0 Å². The lowest BCUT2D eigenvalue weighted by Gasteiger charge is -2.18.